The van der Waals surface area contributed by atoms with E-state index in [2.05, 4.69) is 188 Å². The van der Waals surface area contributed by atoms with Crippen LogP contribution in [0.4, 0.5) is 0 Å². The van der Waals surface area contributed by atoms with Crippen LogP contribution in [0.5, 0.6) is 0 Å². The molecule has 12 rings (SSSR count). The smallest absolute Gasteiger partial charge is 0.135 e. The molecule has 0 amide bonds. The van der Waals surface area contributed by atoms with Crippen LogP contribution in [0, 0.1) is 0 Å². The number of fused-ring (bicyclic) bond motifs is 8. The molecule has 0 bridgehead atoms. The van der Waals surface area contributed by atoms with Crippen molar-refractivity contribution in [2.24, 2.45) is 0 Å². The molecule has 55 heavy (non-hydrogen) atoms. The molecule has 0 spiro atoms. The number of furan rings is 1. The van der Waals surface area contributed by atoms with Crippen LogP contribution in [-0.2, 0) is 0 Å². The van der Waals surface area contributed by atoms with Crippen molar-refractivity contribution >= 4 is 54.3 Å². The molecule has 0 N–H and O–H groups in total. The fourth-order valence-electron chi connectivity index (χ4n) is 9.54. The highest BCUT2D eigenvalue weighted by atomic mass is 16.3. The molecule has 1 heteroatoms. The van der Waals surface area contributed by atoms with E-state index in [4.69, 9.17) is 4.42 Å². The van der Waals surface area contributed by atoms with E-state index in [-0.39, 0.29) is 0 Å². The average Bonchev–Trinajstić information content (AvgIpc) is 3.79. The van der Waals surface area contributed by atoms with Crippen LogP contribution in [0.25, 0.3) is 121 Å². The summed E-state index contributed by atoms with van der Waals surface area (Å²) < 4.78 is 6.32. The lowest BCUT2D eigenvalue weighted by Crippen LogP contribution is -1.96. The number of para-hydroxylation sites is 1. The molecule has 10 aromatic carbocycles. The van der Waals surface area contributed by atoms with Crippen molar-refractivity contribution in [2.45, 2.75) is 0 Å². The summed E-state index contributed by atoms with van der Waals surface area (Å²) >= 11 is 0. The molecule has 1 aliphatic rings. The van der Waals surface area contributed by atoms with Crippen LogP contribution in [0.3, 0.4) is 0 Å². The normalized spacial score (nSPS) is 12.0. The summed E-state index contributed by atoms with van der Waals surface area (Å²) in [6.45, 7) is 0. The Kier molecular flexibility index (Phi) is 6.40. The average molecular weight is 697 g/mol. The molecule has 0 radical (unpaired) electrons. The Balaban J connectivity index is 1.24. The Morgan fingerprint density at radius 1 is 0.236 bits per heavy atom. The first kappa shape index (κ1) is 30.3. The van der Waals surface area contributed by atoms with Gasteiger partial charge >= 0.3 is 0 Å². The summed E-state index contributed by atoms with van der Waals surface area (Å²) in [6.07, 6.45) is 0. The minimum absolute atomic E-state index is 0.901. The van der Waals surface area contributed by atoms with Gasteiger partial charge in [-0.15, -0.1) is 0 Å². The van der Waals surface area contributed by atoms with Gasteiger partial charge in [0.15, 0.2) is 0 Å². The zero-order valence-corrected chi connectivity index (χ0v) is 29.9. The van der Waals surface area contributed by atoms with E-state index in [1.807, 2.05) is 6.07 Å². The maximum atomic E-state index is 6.32. The summed E-state index contributed by atoms with van der Waals surface area (Å²) in [5.74, 6) is 0. The second kappa shape index (κ2) is 11.6. The highest BCUT2D eigenvalue weighted by molar-refractivity contribution is 6.25. The van der Waals surface area contributed by atoms with Gasteiger partial charge in [0, 0.05) is 10.8 Å². The quantitative estimate of drug-likeness (QED) is 0.167. The highest BCUT2D eigenvalue weighted by Gasteiger charge is 2.26. The third-order valence-corrected chi connectivity index (χ3v) is 11.8. The summed E-state index contributed by atoms with van der Waals surface area (Å²) in [4.78, 5) is 0. The predicted molar refractivity (Wildman–Crippen MR) is 232 cm³/mol. The second-order valence-electron chi connectivity index (χ2n) is 14.7. The summed E-state index contributed by atoms with van der Waals surface area (Å²) in [5.41, 5.74) is 16.8. The summed E-state index contributed by atoms with van der Waals surface area (Å²) in [7, 11) is 0. The van der Waals surface area contributed by atoms with Crippen molar-refractivity contribution in [1.29, 1.82) is 0 Å². The van der Waals surface area contributed by atoms with Crippen LogP contribution in [0.15, 0.2) is 199 Å². The maximum absolute atomic E-state index is 6.32. The monoisotopic (exact) mass is 696 g/mol. The minimum Gasteiger partial charge on any atom is -0.456 e. The van der Waals surface area contributed by atoms with Crippen LogP contribution < -0.4 is 0 Å². The topological polar surface area (TPSA) is 13.1 Å². The fourth-order valence-corrected chi connectivity index (χ4v) is 9.54. The molecule has 1 heterocycles. The molecular weight excluding hydrogens is 665 g/mol. The zero-order chi connectivity index (χ0) is 36.0. The zero-order valence-electron chi connectivity index (χ0n) is 29.9. The number of benzene rings is 10. The number of hydrogen-bond acceptors (Lipinski definition) is 1. The lowest BCUT2D eigenvalue weighted by molar-refractivity contribution is 0.669. The van der Waals surface area contributed by atoms with E-state index in [1.54, 1.807) is 0 Å². The SMILES string of the molecule is c1ccc(-c2c3ccccc3c(-c3c(-c4ccc5oc6ccccc6c5c4)cccc3-c3ccc4c5c(cccc35)-c3ccccc3-4)c3ccccc23)cc1. The minimum atomic E-state index is 0.901. The van der Waals surface area contributed by atoms with E-state index in [9.17, 15) is 0 Å². The second-order valence-corrected chi connectivity index (χ2v) is 14.7. The highest BCUT2D eigenvalue weighted by Crippen LogP contribution is 2.53. The van der Waals surface area contributed by atoms with Crippen molar-refractivity contribution in [3.05, 3.63) is 194 Å². The van der Waals surface area contributed by atoms with Gasteiger partial charge in [0.25, 0.3) is 0 Å². The lowest BCUT2D eigenvalue weighted by atomic mass is 9.80. The van der Waals surface area contributed by atoms with E-state index in [0.29, 0.717) is 0 Å². The molecule has 1 nitrogen and oxygen atoms in total. The number of hydrogen-bond donors (Lipinski definition) is 0. The molecule has 0 fully saturated rings. The molecular formula is C54H32O. The first-order chi connectivity index (χ1) is 27.3. The van der Waals surface area contributed by atoms with Crippen molar-refractivity contribution in [1.82, 2.24) is 0 Å². The van der Waals surface area contributed by atoms with Crippen LogP contribution in [0.1, 0.15) is 0 Å². The molecule has 1 aliphatic carbocycles. The molecule has 0 unspecified atom stereocenters. The first-order valence-electron chi connectivity index (χ1n) is 19.0. The van der Waals surface area contributed by atoms with Crippen LogP contribution in [-0.4, -0.2) is 0 Å². The lowest BCUT2D eigenvalue weighted by Gasteiger charge is -2.23. The van der Waals surface area contributed by atoms with Crippen molar-refractivity contribution < 1.29 is 4.42 Å². The molecule has 254 valence electrons. The summed E-state index contributed by atoms with van der Waals surface area (Å²) in [5, 5.41) is 9.83. The standard InChI is InChI=1S/C54H32O/c1-2-14-33(15-3-1)51-43-19-6-8-21-45(43)54(46-22-9-7-20-44(46)51)53-35(34-28-31-50-48(32-34)39-18-10-11-27-49(39)55-50)23-12-26-42(53)38-29-30-47-37-17-5-4-16-36(37)40-24-13-25-41(38)52(40)47/h1-32H. The molecule has 0 saturated carbocycles. The Hall–Kier alpha value is -7.22. The fraction of sp³-hybridized carbons (Fsp3) is 0. The summed E-state index contributed by atoms with van der Waals surface area (Å²) in [6, 6.07) is 71.2. The van der Waals surface area contributed by atoms with Gasteiger partial charge in [-0.05, 0) is 117 Å². The maximum Gasteiger partial charge on any atom is 0.135 e. The molecule has 0 saturated heterocycles. The van der Waals surface area contributed by atoms with Crippen molar-refractivity contribution in [3.63, 3.8) is 0 Å². The predicted octanol–water partition coefficient (Wildman–Crippen LogP) is 15.4. The van der Waals surface area contributed by atoms with Gasteiger partial charge in [-0.25, -0.2) is 0 Å². The van der Waals surface area contributed by atoms with Gasteiger partial charge in [0.2, 0.25) is 0 Å². The Morgan fingerprint density at radius 3 is 1.49 bits per heavy atom. The van der Waals surface area contributed by atoms with Crippen molar-refractivity contribution in [3.8, 4) is 66.8 Å². The number of rotatable bonds is 4. The largest absolute Gasteiger partial charge is 0.456 e. The third-order valence-electron chi connectivity index (χ3n) is 11.8. The van der Waals surface area contributed by atoms with Gasteiger partial charge < -0.3 is 4.42 Å². The molecule has 0 aliphatic heterocycles. The van der Waals surface area contributed by atoms with Crippen LogP contribution in [0.2, 0.25) is 0 Å². The van der Waals surface area contributed by atoms with E-state index in [1.165, 1.54) is 93.5 Å². The third kappa shape index (κ3) is 4.35. The van der Waals surface area contributed by atoms with E-state index in [0.717, 1.165) is 27.5 Å². The van der Waals surface area contributed by atoms with Gasteiger partial charge in [-0.2, -0.15) is 0 Å². The van der Waals surface area contributed by atoms with Gasteiger partial charge in [0.1, 0.15) is 11.2 Å². The molecule has 1 aromatic heterocycles. The molecule has 11 aromatic rings. The Morgan fingerprint density at radius 2 is 0.745 bits per heavy atom. The van der Waals surface area contributed by atoms with Crippen LogP contribution >= 0.6 is 0 Å². The van der Waals surface area contributed by atoms with Crippen molar-refractivity contribution in [2.75, 3.05) is 0 Å². The molecule has 0 atom stereocenters. The Labute approximate surface area is 318 Å². The Bertz CT molecular complexity index is 3280. The van der Waals surface area contributed by atoms with E-state index >= 15 is 0 Å². The van der Waals surface area contributed by atoms with Gasteiger partial charge in [0.05, 0.1) is 0 Å². The van der Waals surface area contributed by atoms with Gasteiger partial charge in [-0.3, -0.25) is 0 Å². The van der Waals surface area contributed by atoms with Gasteiger partial charge in [-0.1, -0.05) is 176 Å². The first-order valence-corrected chi connectivity index (χ1v) is 19.0. The van der Waals surface area contributed by atoms with E-state index < -0.39 is 0 Å².